The molecule has 0 radical (unpaired) electrons. The molecule has 1 rings (SSSR count). The van der Waals surface area contributed by atoms with Crippen molar-refractivity contribution >= 4 is 5.78 Å². The molecule has 0 N–H and O–H groups in total. The molecule has 0 aromatic rings. The first-order valence-corrected chi connectivity index (χ1v) is 7.32. The molecule has 1 aliphatic heterocycles. The van der Waals surface area contributed by atoms with E-state index in [9.17, 15) is 4.79 Å². The van der Waals surface area contributed by atoms with Gasteiger partial charge < -0.3 is 9.22 Å². The molecule has 0 unspecified atom stereocenters. The van der Waals surface area contributed by atoms with Crippen molar-refractivity contribution in [3.8, 4) is 11.8 Å². The number of carbonyl (C=O) groups is 1. The van der Waals surface area contributed by atoms with E-state index in [1.54, 1.807) is 0 Å². The summed E-state index contributed by atoms with van der Waals surface area (Å²) in [5.41, 5.74) is -0.267. The fourth-order valence-corrected chi connectivity index (χ4v) is 1.88. The summed E-state index contributed by atoms with van der Waals surface area (Å²) < 4.78 is 5.94. The van der Waals surface area contributed by atoms with Gasteiger partial charge in [-0.15, -0.1) is 0 Å². The number of nitrogens with zero attached hydrogens (tertiary/aromatic N) is 2. The summed E-state index contributed by atoms with van der Waals surface area (Å²) in [6.45, 7) is 11.5. The predicted molar refractivity (Wildman–Crippen MR) is 81.3 cm³/mol. The van der Waals surface area contributed by atoms with Crippen molar-refractivity contribution in [1.29, 1.82) is 0 Å². The van der Waals surface area contributed by atoms with Gasteiger partial charge in [0.2, 0.25) is 0 Å². The van der Waals surface area contributed by atoms with Gasteiger partial charge in [-0.1, -0.05) is 26.7 Å². The van der Waals surface area contributed by atoms with E-state index in [0.717, 1.165) is 32.8 Å². The zero-order chi connectivity index (χ0) is 15.2. The summed E-state index contributed by atoms with van der Waals surface area (Å²) >= 11 is 0. The van der Waals surface area contributed by atoms with Crippen molar-refractivity contribution in [3.05, 3.63) is 0 Å². The Balaban J connectivity index is 2.37. The molecular weight excluding hydrogens is 252 g/mol. The van der Waals surface area contributed by atoms with Crippen LogP contribution in [0.2, 0.25) is 0 Å². The molecule has 0 saturated carbocycles. The fraction of sp³-hybridized carbons (Fsp3) is 0.812. The van der Waals surface area contributed by atoms with Crippen LogP contribution < -0.4 is 0 Å². The molecule has 4 heteroatoms. The first-order chi connectivity index (χ1) is 9.21. The summed E-state index contributed by atoms with van der Waals surface area (Å²) in [5.74, 6) is 6.72. The molecule has 20 heavy (non-hydrogen) atoms. The highest BCUT2D eigenvalue weighted by atomic mass is 16.5. The molecule has 0 aliphatic carbocycles. The highest BCUT2D eigenvalue weighted by molar-refractivity contribution is 5.84. The molecule has 0 aromatic carbocycles. The van der Waals surface area contributed by atoms with Gasteiger partial charge in [-0.05, 0) is 5.92 Å². The molecule has 0 bridgehead atoms. The number of Topliss-reactive ketones (excluding diaryl/α,β-unsaturated/α-hetero) is 1. The second kappa shape index (κ2) is 7.21. The molecule has 0 spiro atoms. The Labute approximate surface area is 123 Å². The maximum Gasteiger partial charge on any atom is 0.192 e. The van der Waals surface area contributed by atoms with E-state index in [2.05, 4.69) is 30.8 Å². The lowest BCUT2D eigenvalue weighted by molar-refractivity contribution is -0.875. The van der Waals surface area contributed by atoms with E-state index in [1.807, 2.05) is 20.8 Å². The molecule has 0 atom stereocenters. The van der Waals surface area contributed by atoms with Crippen LogP contribution in [0.25, 0.3) is 0 Å². The van der Waals surface area contributed by atoms with Crippen LogP contribution in [0.1, 0.15) is 20.8 Å². The van der Waals surface area contributed by atoms with Crippen LogP contribution in [0.4, 0.5) is 0 Å². The standard InChI is InChI=1S/C16H29N2O2/c1-16(2,3)15(19)14-18(4,5)11-7-6-8-17-9-12-20-13-10-17/h8-14H2,1-5H3/q+1. The van der Waals surface area contributed by atoms with Crippen LogP contribution >= 0.6 is 0 Å². The van der Waals surface area contributed by atoms with Crippen LogP contribution in [0, 0.1) is 17.3 Å². The monoisotopic (exact) mass is 281 g/mol. The van der Waals surface area contributed by atoms with Crippen molar-refractivity contribution < 1.29 is 14.0 Å². The molecule has 0 amide bonds. The number of morpholine rings is 1. The Bertz CT molecular complexity index is 380. The predicted octanol–water partition coefficient (Wildman–Crippen LogP) is 1.01. The van der Waals surface area contributed by atoms with E-state index in [-0.39, 0.29) is 11.2 Å². The number of hydrogen-bond acceptors (Lipinski definition) is 3. The molecule has 1 aliphatic rings. The average molecular weight is 281 g/mol. The topological polar surface area (TPSA) is 29.5 Å². The normalized spacial score (nSPS) is 17.4. The first-order valence-electron chi connectivity index (χ1n) is 7.32. The van der Waals surface area contributed by atoms with Crippen molar-refractivity contribution in [3.63, 3.8) is 0 Å². The number of carbonyl (C=O) groups excluding carboxylic acids is 1. The molecular formula is C16H29N2O2+. The highest BCUT2D eigenvalue weighted by Gasteiger charge is 2.28. The number of rotatable bonds is 4. The third kappa shape index (κ3) is 6.51. The maximum absolute atomic E-state index is 12.1. The van der Waals surface area contributed by atoms with Gasteiger partial charge in [-0.2, -0.15) is 0 Å². The van der Waals surface area contributed by atoms with Crippen LogP contribution in [0.3, 0.4) is 0 Å². The van der Waals surface area contributed by atoms with Crippen molar-refractivity contribution in [2.45, 2.75) is 20.8 Å². The van der Waals surface area contributed by atoms with E-state index < -0.39 is 0 Å². The minimum absolute atomic E-state index is 0.267. The highest BCUT2D eigenvalue weighted by Crippen LogP contribution is 2.16. The third-order valence-corrected chi connectivity index (χ3v) is 3.45. The van der Waals surface area contributed by atoms with Gasteiger partial charge >= 0.3 is 0 Å². The summed E-state index contributed by atoms with van der Waals surface area (Å²) in [6.07, 6.45) is 0. The summed E-state index contributed by atoms with van der Waals surface area (Å²) in [5, 5.41) is 0. The Kier molecular flexibility index (Phi) is 6.19. The quantitative estimate of drug-likeness (QED) is 0.569. The van der Waals surface area contributed by atoms with Crippen LogP contribution in [0.15, 0.2) is 0 Å². The number of likely N-dealkylation sites (N-methyl/N-ethyl adjacent to an activating group) is 1. The van der Waals surface area contributed by atoms with Crippen molar-refractivity contribution in [2.24, 2.45) is 5.41 Å². The first kappa shape index (κ1) is 17.2. The summed E-state index contributed by atoms with van der Waals surface area (Å²) in [7, 11) is 4.13. The Morgan fingerprint density at radius 2 is 1.80 bits per heavy atom. The van der Waals surface area contributed by atoms with Gasteiger partial charge in [-0.3, -0.25) is 9.69 Å². The van der Waals surface area contributed by atoms with Crippen LogP contribution in [0.5, 0.6) is 0 Å². The summed E-state index contributed by atoms with van der Waals surface area (Å²) in [4.78, 5) is 14.4. The SMILES string of the molecule is CC(C)(C)C(=O)C[N+](C)(C)CC#CCN1CCOCC1. The number of quaternary nitrogens is 1. The Hall–Kier alpha value is -0.890. The molecule has 1 fully saturated rings. The zero-order valence-electron chi connectivity index (χ0n) is 13.7. The van der Waals surface area contributed by atoms with E-state index >= 15 is 0 Å². The average Bonchev–Trinajstić information content (AvgIpc) is 2.34. The lowest BCUT2D eigenvalue weighted by atomic mass is 9.90. The molecule has 4 nitrogen and oxygen atoms in total. The fourth-order valence-electron chi connectivity index (χ4n) is 1.88. The van der Waals surface area contributed by atoms with E-state index in [1.165, 1.54) is 0 Å². The summed E-state index contributed by atoms with van der Waals surface area (Å²) in [6, 6.07) is 0. The Morgan fingerprint density at radius 1 is 1.20 bits per heavy atom. The largest absolute Gasteiger partial charge is 0.379 e. The number of ketones is 1. The third-order valence-electron chi connectivity index (χ3n) is 3.45. The van der Waals surface area contributed by atoms with Crippen molar-refractivity contribution in [1.82, 2.24) is 4.90 Å². The van der Waals surface area contributed by atoms with E-state index in [4.69, 9.17) is 4.74 Å². The minimum atomic E-state index is -0.267. The minimum Gasteiger partial charge on any atom is -0.379 e. The Morgan fingerprint density at radius 3 is 2.35 bits per heavy atom. The number of ether oxygens (including phenoxy) is 1. The van der Waals surface area contributed by atoms with Gasteiger partial charge in [-0.25, -0.2) is 0 Å². The van der Waals surface area contributed by atoms with Gasteiger partial charge in [0.15, 0.2) is 5.78 Å². The maximum atomic E-state index is 12.1. The molecule has 114 valence electrons. The van der Waals surface area contributed by atoms with Gasteiger partial charge in [0.05, 0.1) is 33.9 Å². The van der Waals surface area contributed by atoms with Gasteiger partial charge in [0.1, 0.15) is 13.1 Å². The molecule has 1 heterocycles. The lowest BCUT2D eigenvalue weighted by Crippen LogP contribution is -2.47. The van der Waals surface area contributed by atoms with Crippen molar-refractivity contribution in [2.75, 3.05) is 60.0 Å². The lowest BCUT2D eigenvalue weighted by Gasteiger charge is -2.29. The zero-order valence-corrected chi connectivity index (χ0v) is 13.7. The second-order valence-electron chi connectivity index (χ2n) is 7.17. The van der Waals surface area contributed by atoms with Gasteiger partial charge in [0, 0.05) is 18.5 Å². The van der Waals surface area contributed by atoms with Gasteiger partial charge in [0.25, 0.3) is 0 Å². The van der Waals surface area contributed by atoms with Crippen LogP contribution in [-0.4, -0.2) is 75.2 Å². The molecule has 0 aromatic heterocycles. The smallest absolute Gasteiger partial charge is 0.192 e. The molecule has 1 saturated heterocycles. The number of hydrogen-bond donors (Lipinski definition) is 0. The van der Waals surface area contributed by atoms with E-state index in [0.29, 0.717) is 17.6 Å². The second-order valence-corrected chi connectivity index (χ2v) is 7.17. The van der Waals surface area contributed by atoms with Crippen LogP contribution in [-0.2, 0) is 9.53 Å².